The molecule has 1 aliphatic heterocycles. The Hall–Kier alpha value is -1.96. The molecule has 1 aromatic rings. The fourth-order valence-electron chi connectivity index (χ4n) is 2.54. The maximum Gasteiger partial charge on any atom is 0.332 e. The summed E-state index contributed by atoms with van der Waals surface area (Å²) in [5.41, 5.74) is 0.323. The third-order valence-electron chi connectivity index (χ3n) is 3.57. The van der Waals surface area contributed by atoms with Crippen LogP contribution in [0.15, 0.2) is 0 Å². The summed E-state index contributed by atoms with van der Waals surface area (Å²) in [6.07, 6.45) is 1.63. The normalized spacial score (nSPS) is 18.4. The van der Waals surface area contributed by atoms with E-state index in [0.29, 0.717) is 42.9 Å². The number of hydrogen-bond donors (Lipinski definition) is 2. The zero-order valence-corrected chi connectivity index (χ0v) is 11.7. The predicted molar refractivity (Wildman–Crippen MR) is 75.0 cm³/mol. The van der Waals surface area contributed by atoms with Crippen molar-refractivity contribution >= 4 is 17.5 Å². The van der Waals surface area contributed by atoms with E-state index in [9.17, 15) is 10.1 Å². The molecule has 8 heteroatoms. The summed E-state index contributed by atoms with van der Waals surface area (Å²) in [5.74, 6) is 1.11. The number of aliphatic hydroxyl groups is 1. The van der Waals surface area contributed by atoms with Crippen molar-refractivity contribution in [1.29, 1.82) is 0 Å². The lowest BCUT2D eigenvalue weighted by atomic mass is 10.1. The SMILES string of the molecule is CNc1nc(C)c([N+](=O)[O-])c(N2CCC(CCO)C2)n1. The van der Waals surface area contributed by atoms with Crippen LogP contribution in [-0.2, 0) is 0 Å². The maximum atomic E-state index is 11.2. The minimum absolute atomic E-state index is 0.0337. The van der Waals surface area contributed by atoms with E-state index in [4.69, 9.17) is 5.11 Å². The van der Waals surface area contributed by atoms with Gasteiger partial charge >= 0.3 is 5.69 Å². The van der Waals surface area contributed by atoms with Crippen LogP contribution in [0.25, 0.3) is 0 Å². The molecule has 1 fully saturated rings. The molecule has 2 rings (SSSR count). The van der Waals surface area contributed by atoms with Crippen molar-refractivity contribution in [1.82, 2.24) is 9.97 Å². The fraction of sp³-hybridized carbons (Fsp3) is 0.667. The van der Waals surface area contributed by atoms with Gasteiger partial charge in [-0.25, -0.2) is 4.98 Å². The Morgan fingerprint density at radius 2 is 2.30 bits per heavy atom. The molecule has 0 amide bonds. The molecule has 20 heavy (non-hydrogen) atoms. The number of aromatic nitrogens is 2. The van der Waals surface area contributed by atoms with Gasteiger partial charge in [0.15, 0.2) is 0 Å². The second-order valence-corrected chi connectivity index (χ2v) is 4.92. The lowest BCUT2D eigenvalue weighted by Gasteiger charge is -2.18. The van der Waals surface area contributed by atoms with Crippen LogP contribution < -0.4 is 10.2 Å². The van der Waals surface area contributed by atoms with E-state index in [0.717, 1.165) is 6.42 Å². The smallest absolute Gasteiger partial charge is 0.332 e. The quantitative estimate of drug-likeness (QED) is 0.611. The van der Waals surface area contributed by atoms with Crippen LogP contribution in [-0.4, -0.2) is 46.7 Å². The molecule has 110 valence electrons. The van der Waals surface area contributed by atoms with Crippen molar-refractivity contribution in [3.05, 3.63) is 15.8 Å². The van der Waals surface area contributed by atoms with Crippen molar-refractivity contribution in [3.8, 4) is 0 Å². The standard InChI is InChI=1S/C12H19N5O3/c1-8-10(17(19)20)11(15-12(13-2)14-8)16-5-3-9(7-16)4-6-18/h9,18H,3-7H2,1-2H3,(H,13,14,15). The van der Waals surface area contributed by atoms with Crippen molar-refractivity contribution in [2.24, 2.45) is 5.92 Å². The molecule has 2 N–H and O–H groups in total. The number of aryl methyl sites for hydroxylation is 1. The first-order valence-corrected chi connectivity index (χ1v) is 6.63. The van der Waals surface area contributed by atoms with Crippen LogP contribution in [0.1, 0.15) is 18.5 Å². The van der Waals surface area contributed by atoms with Crippen LogP contribution in [0.2, 0.25) is 0 Å². The fourth-order valence-corrected chi connectivity index (χ4v) is 2.54. The van der Waals surface area contributed by atoms with Gasteiger partial charge in [-0.3, -0.25) is 10.1 Å². The number of rotatable bonds is 5. The molecule has 0 spiro atoms. The number of nitro groups is 1. The second kappa shape index (κ2) is 6.00. The number of aliphatic hydroxyl groups excluding tert-OH is 1. The molecule has 1 aliphatic rings. The monoisotopic (exact) mass is 281 g/mol. The first-order valence-electron chi connectivity index (χ1n) is 6.63. The van der Waals surface area contributed by atoms with Crippen molar-refractivity contribution in [2.75, 3.05) is 37.0 Å². The Kier molecular flexibility index (Phi) is 4.33. The molecule has 0 bridgehead atoms. The van der Waals surface area contributed by atoms with E-state index in [2.05, 4.69) is 15.3 Å². The zero-order valence-electron chi connectivity index (χ0n) is 11.7. The van der Waals surface area contributed by atoms with Gasteiger partial charge in [-0.1, -0.05) is 0 Å². The average Bonchev–Trinajstić information content (AvgIpc) is 2.86. The second-order valence-electron chi connectivity index (χ2n) is 4.92. The minimum Gasteiger partial charge on any atom is -0.396 e. The molecule has 1 atom stereocenters. The largest absolute Gasteiger partial charge is 0.396 e. The number of anilines is 2. The Morgan fingerprint density at radius 1 is 1.55 bits per heavy atom. The van der Waals surface area contributed by atoms with Gasteiger partial charge < -0.3 is 15.3 Å². The molecule has 0 radical (unpaired) electrons. The molecular weight excluding hydrogens is 262 g/mol. The minimum atomic E-state index is -0.427. The molecule has 1 saturated heterocycles. The molecule has 2 heterocycles. The highest BCUT2D eigenvalue weighted by Crippen LogP contribution is 2.33. The average molecular weight is 281 g/mol. The highest BCUT2D eigenvalue weighted by molar-refractivity contribution is 5.62. The van der Waals surface area contributed by atoms with Crippen molar-refractivity contribution in [2.45, 2.75) is 19.8 Å². The highest BCUT2D eigenvalue weighted by Gasteiger charge is 2.31. The van der Waals surface area contributed by atoms with Crippen molar-refractivity contribution < 1.29 is 10.0 Å². The van der Waals surface area contributed by atoms with Gasteiger partial charge in [-0.15, -0.1) is 0 Å². The molecule has 1 unspecified atom stereocenters. The zero-order chi connectivity index (χ0) is 14.7. The third-order valence-corrected chi connectivity index (χ3v) is 3.57. The Bertz CT molecular complexity index is 508. The highest BCUT2D eigenvalue weighted by atomic mass is 16.6. The topological polar surface area (TPSA) is 104 Å². The van der Waals surface area contributed by atoms with Crippen LogP contribution in [0, 0.1) is 23.0 Å². The molecule has 0 aliphatic carbocycles. The van der Waals surface area contributed by atoms with Crippen LogP contribution >= 0.6 is 0 Å². The summed E-state index contributed by atoms with van der Waals surface area (Å²) in [4.78, 5) is 21.0. The van der Waals surface area contributed by atoms with Gasteiger partial charge in [0.25, 0.3) is 0 Å². The van der Waals surface area contributed by atoms with E-state index in [1.807, 2.05) is 4.90 Å². The lowest BCUT2D eigenvalue weighted by Crippen LogP contribution is -2.23. The molecule has 1 aromatic heterocycles. The summed E-state index contributed by atoms with van der Waals surface area (Å²) in [5, 5.41) is 23.1. The summed E-state index contributed by atoms with van der Waals surface area (Å²) < 4.78 is 0. The number of hydrogen-bond acceptors (Lipinski definition) is 7. The molecule has 0 aromatic carbocycles. The van der Waals surface area contributed by atoms with Crippen LogP contribution in [0.5, 0.6) is 0 Å². The molecule has 0 saturated carbocycles. The van der Waals surface area contributed by atoms with Gasteiger partial charge in [0.1, 0.15) is 5.69 Å². The van der Waals surface area contributed by atoms with Crippen molar-refractivity contribution in [3.63, 3.8) is 0 Å². The Morgan fingerprint density at radius 3 is 2.90 bits per heavy atom. The van der Waals surface area contributed by atoms with E-state index in [1.54, 1.807) is 14.0 Å². The number of nitrogens with one attached hydrogen (secondary N) is 1. The van der Waals surface area contributed by atoms with E-state index >= 15 is 0 Å². The van der Waals surface area contributed by atoms with Gasteiger partial charge in [0.2, 0.25) is 11.8 Å². The van der Waals surface area contributed by atoms with Gasteiger partial charge in [-0.05, 0) is 25.7 Å². The van der Waals surface area contributed by atoms with Gasteiger partial charge in [0, 0.05) is 26.7 Å². The Labute approximate surface area is 117 Å². The lowest BCUT2D eigenvalue weighted by molar-refractivity contribution is -0.385. The molecular formula is C12H19N5O3. The predicted octanol–water partition coefficient (Wildman–Crippen LogP) is 0.944. The van der Waals surface area contributed by atoms with Gasteiger partial charge in [0.05, 0.1) is 4.92 Å². The summed E-state index contributed by atoms with van der Waals surface area (Å²) in [6, 6.07) is 0. The summed E-state index contributed by atoms with van der Waals surface area (Å²) in [7, 11) is 1.68. The van der Waals surface area contributed by atoms with E-state index in [1.165, 1.54) is 0 Å². The maximum absolute atomic E-state index is 11.2. The molecule has 8 nitrogen and oxygen atoms in total. The van der Waals surface area contributed by atoms with Crippen LogP contribution in [0.4, 0.5) is 17.5 Å². The first kappa shape index (κ1) is 14.4. The van der Waals surface area contributed by atoms with Gasteiger partial charge in [-0.2, -0.15) is 4.98 Å². The third kappa shape index (κ3) is 2.79. The summed E-state index contributed by atoms with van der Waals surface area (Å²) in [6.45, 7) is 3.16. The Balaban J connectivity index is 2.34. The summed E-state index contributed by atoms with van der Waals surface area (Å²) >= 11 is 0. The van der Waals surface area contributed by atoms with E-state index in [-0.39, 0.29) is 12.3 Å². The first-order chi connectivity index (χ1) is 9.56. The number of nitrogens with zero attached hydrogens (tertiary/aromatic N) is 4. The van der Waals surface area contributed by atoms with E-state index < -0.39 is 4.92 Å². The van der Waals surface area contributed by atoms with Crippen LogP contribution in [0.3, 0.4) is 0 Å².